The summed E-state index contributed by atoms with van der Waals surface area (Å²) in [6.45, 7) is 11.2. The van der Waals surface area contributed by atoms with Crippen molar-refractivity contribution in [1.29, 1.82) is 0 Å². The molecule has 5 aromatic rings. The van der Waals surface area contributed by atoms with Crippen LogP contribution in [0.15, 0.2) is 74.3 Å². The molecule has 1 unspecified atom stereocenters. The van der Waals surface area contributed by atoms with Gasteiger partial charge in [0.25, 0.3) is 0 Å². The summed E-state index contributed by atoms with van der Waals surface area (Å²) in [5, 5.41) is 3.92. The van der Waals surface area contributed by atoms with Crippen molar-refractivity contribution in [2.24, 2.45) is 0 Å². The smallest absolute Gasteiger partial charge is 0.340 e. The van der Waals surface area contributed by atoms with Gasteiger partial charge in [-0.05, 0) is 70.5 Å². The fraction of sp³-hybridized carbons (Fsp3) is 0.258. The van der Waals surface area contributed by atoms with E-state index in [2.05, 4.69) is 10.3 Å². The minimum absolute atomic E-state index is 0.148. The topological polar surface area (TPSA) is 94.6 Å². The summed E-state index contributed by atoms with van der Waals surface area (Å²) in [5.41, 5.74) is 4.44. The Bertz CT molecular complexity index is 1740. The number of ether oxygens (including phenoxy) is 1. The number of anilines is 1. The Kier molecular flexibility index (Phi) is 6.31. The molecular weight excluding hydrogens is 480 g/mol. The molecule has 2 aromatic heterocycles. The van der Waals surface area contributed by atoms with Crippen LogP contribution in [0.3, 0.4) is 0 Å². The number of hydrogen-bond acceptors (Lipinski definition) is 7. The number of hydrogen-bond donors (Lipinski definition) is 1. The van der Waals surface area contributed by atoms with Gasteiger partial charge >= 0.3 is 5.97 Å². The summed E-state index contributed by atoms with van der Waals surface area (Å²) in [7, 11) is 0. The van der Waals surface area contributed by atoms with Gasteiger partial charge in [-0.25, -0.2) is 9.78 Å². The number of aryl methyl sites for hydroxylation is 2. The first-order valence-corrected chi connectivity index (χ1v) is 12.5. The highest BCUT2D eigenvalue weighted by atomic mass is 16.6. The van der Waals surface area contributed by atoms with E-state index in [0.717, 1.165) is 11.1 Å². The monoisotopic (exact) mass is 510 g/mol. The molecule has 7 heteroatoms. The Morgan fingerprint density at radius 2 is 1.76 bits per heavy atom. The highest BCUT2D eigenvalue weighted by Crippen LogP contribution is 2.34. The molecule has 194 valence electrons. The van der Waals surface area contributed by atoms with Crippen LogP contribution in [0.4, 0.5) is 5.69 Å². The molecule has 7 nitrogen and oxygen atoms in total. The van der Waals surface area contributed by atoms with E-state index in [-0.39, 0.29) is 11.5 Å². The van der Waals surface area contributed by atoms with E-state index < -0.39 is 11.6 Å². The van der Waals surface area contributed by atoms with Gasteiger partial charge in [-0.3, -0.25) is 4.79 Å². The van der Waals surface area contributed by atoms with Crippen molar-refractivity contribution in [1.82, 2.24) is 4.98 Å². The van der Waals surface area contributed by atoms with Crippen LogP contribution >= 0.6 is 0 Å². The van der Waals surface area contributed by atoms with Crippen LogP contribution in [0.5, 0.6) is 0 Å². The normalized spacial score (nSPS) is 12.6. The predicted octanol–water partition coefficient (Wildman–Crippen LogP) is 7.35. The molecule has 1 N–H and O–H groups in total. The lowest BCUT2D eigenvalue weighted by Crippen LogP contribution is -2.24. The lowest BCUT2D eigenvalue weighted by atomic mass is 10.00. The molecule has 5 rings (SSSR count). The average molecular weight is 511 g/mol. The summed E-state index contributed by atoms with van der Waals surface area (Å²) < 4.78 is 17.7. The van der Waals surface area contributed by atoms with Crippen molar-refractivity contribution in [2.75, 3.05) is 5.32 Å². The van der Waals surface area contributed by atoms with Gasteiger partial charge in [0, 0.05) is 29.8 Å². The molecule has 0 aliphatic rings. The minimum atomic E-state index is -0.617. The number of nitrogens with zero attached hydrogens (tertiary/aromatic N) is 1. The second kappa shape index (κ2) is 9.49. The van der Waals surface area contributed by atoms with Gasteiger partial charge < -0.3 is 18.9 Å². The summed E-state index contributed by atoms with van der Waals surface area (Å²) in [4.78, 5) is 30.7. The molecule has 2 heterocycles. The highest BCUT2D eigenvalue weighted by molar-refractivity contribution is 5.96. The van der Waals surface area contributed by atoms with Gasteiger partial charge in [-0.2, -0.15) is 0 Å². The lowest BCUT2D eigenvalue weighted by molar-refractivity contribution is 0.00706. The molecule has 0 saturated carbocycles. The molecule has 0 amide bonds. The lowest BCUT2D eigenvalue weighted by Gasteiger charge is -2.22. The maximum Gasteiger partial charge on any atom is 0.340 e. The molecule has 0 aliphatic heterocycles. The first-order valence-electron chi connectivity index (χ1n) is 12.5. The molecule has 0 bridgehead atoms. The summed E-state index contributed by atoms with van der Waals surface area (Å²) in [6, 6.07) is 17.8. The Balaban J connectivity index is 1.60. The van der Waals surface area contributed by atoms with Gasteiger partial charge in [-0.15, -0.1) is 0 Å². The third kappa shape index (κ3) is 4.92. The van der Waals surface area contributed by atoms with E-state index in [9.17, 15) is 9.59 Å². The van der Waals surface area contributed by atoms with E-state index in [1.807, 2.05) is 77.1 Å². The Morgan fingerprint density at radius 1 is 1.00 bits per heavy atom. The summed E-state index contributed by atoms with van der Waals surface area (Å²) in [5.74, 6) is 0.535. The number of aromatic nitrogens is 1. The number of fused-ring (bicyclic) bond motifs is 2. The first kappa shape index (κ1) is 25.3. The quantitative estimate of drug-likeness (QED) is 0.247. The average Bonchev–Trinajstić information content (AvgIpc) is 3.23. The van der Waals surface area contributed by atoms with Gasteiger partial charge in [0.1, 0.15) is 22.5 Å². The zero-order valence-electron chi connectivity index (χ0n) is 22.3. The van der Waals surface area contributed by atoms with Crippen LogP contribution in [-0.4, -0.2) is 16.6 Å². The first-order chi connectivity index (χ1) is 18.0. The zero-order chi connectivity index (χ0) is 27.2. The van der Waals surface area contributed by atoms with Crippen molar-refractivity contribution < 1.29 is 18.4 Å². The minimum Gasteiger partial charge on any atom is -0.456 e. The second-order valence-corrected chi connectivity index (χ2v) is 10.5. The molecule has 0 spiro atoms. The second-order valence-electron chi connectivity index (χ2n) is 10.5. The standard InChI is InChI=1S/C31H30N2O5/c1-17-14-22(18(2)32-24-12-8-7-10-20(24)30(35)38-31(4,5)6)29-23(15-17)25(34)16-27(37-29)21-11-9-13-26-28(21)33-19(3)36-26/h7-16,18,32H,1-6H3. The number of esters is 1. The van der Waals surface area contributed by atoms with Crippen LogP contribution in [0, 0.1) is 13.8 Å². The molecule has 38 heavy (non-hydrogen) atoms. The van der Waals surface area contributed by atoms with Crippen molar-refractivity contribution in [2.45, 2.75) is 53.2 Å². The van der Waals surface area contributed by atoms with Crippen molar-refractivity contribution >= 4 is 33.7 Å². The van der Waals surface area contributed by atoms with Gasteiger partial charge in [0.05, 0.1) is 17.0 Å². The molecule has 0 radical (unpaired) electrons. The Morgan fingerprint density at radius 3 is 2.53 bits per heavy atom. The predicted molar refractivity (Wildman–Crippen MR) is 149 cm³/mol. The van der Waals surface area contributed by atoms with E-state index in [1.165, 1.54) is 6.07 Å². The molecule has 1 atom stereocenters. The van der Waals surface area contributed by atoms with Crippen molar-refractivity contribution in [3.05, 3.63) is 93.5 Å². The fourth-order valence-electron chi connectivity index (χ4n) is 4.58. The molecule has 0 aliphatic carbocycles. The van der Waals surface area contributed by atoms with Gasteiger partial charge in [0.2, 0.25) is 0 Å². The third-order valence-electron chi connectivity index (χ3n) is 6.18. The Hall–Kier alpha value is -4.39. The van der Waals surface area contributed by atoms with Gasteiger partial charge in [0.15, 0.2) is 16.9 Å². The zero-order valence-corrected chi connectivity index (χ0v) is 22.3. The number of rotatable bonds is 5. The third-order valence-corrected chi connectivity index (χ3v) is 6.18. The van der Waals surface area contributed by atoms with Crippen LogP contribution in [0.2, 0.25) is 0 Å². The maximum absolute atomic E-state index is 13.3. The Labute approximate surface area is 220 Å². The molecule has 3 aromatic carbocycles. The number of para-hydroxylation sites is 2. The van der Waals surface area contributed by atoms with E-state index >= 15 is 0 Å². The molecule has 0 saturated heterocycles. The van der Waals surface area contributed by atoms with E-state index in [4.69, 9.17) is 13.6 Å². The van der Waals surface area contributed by atoms with Crippen LogP contribution in [-0.2, 0) is 4.74 Å². The number of oxazole rings is 1. The maximum atomic E-state index is 13.3. The van der Waals surface area contributed by atoms with E-state index in [1.54, 1.807) is 19.1 Å². The number of carbonyl (C=O) groups excluding carboxylic acids is 1. The van der Waals surface area contributed by atoms with E-state index in [0.29, 0.717) is 50.5 Å². The molecular formula is C31H30N2O5. The summed E-state index contributed by atoms with van der Waals surface area (Å²) in [6.07, 6.45) is 0. The SMILES string of the molecule is Cc1cc(C(C)Nc2ccccc2C(=O)OC(C)(C)C)c2oc(-c3cccc4oc(C)nc34)cc(=O)c2c1. The fourth-order valence-corrected chi connectivity index (χ4v) is 4.58. The van der Waals surface area contributed by atoms with Crippen LogP contribution < -0.4 is 10.7 Å². The van der Waals surface area contributed by atoms with Gasteiger partial charge in [-0.1, -0.05) is 24.3 Å². The summed E-state index contributed by atoms with van der Waals surface area (Å²) >= 11 is 0. The highest BCUT2D eigenvalue weighted by Gasteiger charge is 2.23. The van der Waals surface area contributed by atoms with Crippen molar-refractivity contribution in [3.63, 3.8) is 0 Å². The van der Waals surface area contributed by atoms with Crippen LogP contribution in [0.25, 0.3) is 33.4 Å². The van der Waals surface area contributed by atoms with Crippen molar-refractivity contribution in [3.8, 4) is 11.3 Å². The molecule has 0 fully saturated rings. The number of nitrogens with one attached hydrogen (secondary N) is 1. The largest absolute Gasteiger partial charge is 0.456 e. The number of carbonyl (C=O) groups is 1. The van der Waals surface area contributed by atoms with Crippen LogP contribution in [0.1, 0.15) is 61.1 Å². The number of benzene rings is 3.